The molecule has 1 aromatic heterocycles. The molecule has 0 bridgehead atoms. The van der Waals surface area contributed by atoms with Crippen molar-refractivity contribution in [3.63, 3.8) is 0 Å². The summed E-state index contributed by atoms with van der Waals surface area (Å²) in [4.78, 5) is 11.9. The van der Waals surface area contributed by atoms with Gasteiger partial charge in [0.1, 0.15) is 5.82 Å². The minimum absolute atomic E-state index is 0.173. The van der Waals surface area contributed by atoms with E-state index >= 15 is 0 Å². The highest BCUT2D eigenvalue weighted by atomic mass is 16.1. The number of carbonyl (C=O) groups excluding carboxylic acids is 1. The van der Waals surface area contributed by atoms with E-state index in [2.05, 4.69) is 15.5 Å². The van der Waals surface area contributed by atoms with Crippen LogP contribution in [-0.2, 0) is 6.54 Å². The molecule has 1 amide bonds. The number of amides is 1. The van der Waals surface area contributed by atoms with Gasteiger partial charge in [0, 0.05) is 17.7 Å². The number of nitrogens with two attached hydrogens (primary N) is 1. The van der Waals surface area contributed by atoms with Crippen molar-refractivity contribution < 1.29 is 4.79 Å². The van der Waals surface area contributed by atoms with Gasteiger partial charge in [0.15, 0.2) is 0 Å². The van der Waals surface area contributed by atoms with Crippen LogP contribution in [0.5, 0.6) is 0 Å². The highest BCUT2D eigenvalue weighted by Gasteiger charge is 2.08. The minimum atomic E-state index is -0.173. The highest BCUT2D eigenvalue weighted by molar-refractivity contribution is 6.04. The third-order valence-corrected chi connectivity index (χ3v) is 2.49. The Kier molecular flexibility index (Phi) is 3.20. The summed E-state index contributed by atoms with van der Waals surface area (Å²) in [5.74, 6) is 0.445. The molecular formula is C12H14N4O. The van der Waals surface area contributed by atoms with Crippen LogP contribution in [0.2, 0.25) is 0 Å². The molecule has 1 aromatic carbocycles. The van der Waals surface area contributed by atoms with Crippen molar-refractivity contribution in [2.24, 2.45) is 5.73 Å². The first-order chi connectivity index (χ1) is 8.20. The molecule has 4 N–H and O–H groups in total. The molecule has 0 aliphatic heterocycles. The first kappa shape index (κ1) is 11.3. The number of rotatable bonds is 3. The summed E-state index contributed by atoms with van der Waals surface area (Å²) in [6.45, 7) is 2.29. The summed E-state index contributed by atoms with van der Waals surface area (Å²) in [7, 11) is 0. The van der Waals surface area contributed by atoms with Crippen LogP contribution in [0.1, 0.15) is 21.5 Å². The molecule has 0 atom stereocenters. The molecule has 5 nitrogen and oxygen atoms in total. The molecule has 0 aliphatic rings. The van der Waals surface area contributed by atoms with Gasteiger partial charge in [-0.05, 0) is 24.6 Å². The van der Waals surface area contributed by atoms with Crippen molar-refractivity contribution in [2.75, 3.05) is 5.32 Å². The van der Waals surface area contributed by atoms with Gasteiger partial charge in [-0.2, -0.15) is 5.10 Å². The van der Waals surface area contributed by atoms with Crippen molar-refractivity contribution >= 4 is 11.7 Å². The lowest BCUT2D eigenvalue weighted by Crippen LogP contribution is -2.13. The van der Waals surface area contributed by atoms with Crippen LogP contribution in [0.4, 0.5) is 5.82 Å². The number of aromatic amines is 1. The molecule has 1 heterocycles. The fourth-order valence-corrected chi connectivity index (χ4v) is 1.50. The van der Waals surface area contributed by atoms with Crippen LogP contribution in [0.15, 0.2) is 30.5 Å². The smallest absolute Gasteiger partial charge is 0.256 e. The Morgan fingerprint density at radius 2 is 2.35 bits per heavy atom. The number of anilines is 1. The summed E-state index contributed by atoms with van der Waals surface area (Å²) in [6, 6.07) is 7.23. The van der Waals surface area contributed by atoms with Gasteiger partial charge in [0.05, 0.1) is 6.20 Å². The van der Waals surface area contributed by atoms with Crippen molar-refractivity contribution in [1.82, 2.24) is 10.2 Å². The van der Waals surface area contributed by atoms with Gasteiger partial charge in [-0.1, -0.05) is 12.1 Å². The van der Waals surface area contributed by atoms with Gasteiger partial charge in [-0.15, -0.1) is 0 Å². The largest absolute Gasteiger partial charge is 0.326 e. The number of nitrogens with one attached hydrogen (secondary N) is 2. The maximum Gasteiger partial charge on any atom is 0.256 e. The van der Waals surface area contributed by atoms with Gasteiger partial charge >= 0.3 is 0 Å². The molecule has 0 spiro atoms. The van der Waals surface area contributed by atoms with Crippen LogP contribution in [0, 0.1) is 6.92 Å². The Balaban J connectivity index is 2.17. The molecule has 0 unspecified atom stereocenters. The normalized spacial score (nSPS) is 10.2. The van der Waals surface area contributed by atoms with Gasteiger partial charge in [-0.3, -0.25) is 9.89 Å². The van der Waals surface area contributed by atoms with E-state index in [-0.39, 0.29) is 5.91 Å². The molecule has 0 saturated carbocycles. The van der Waals surface area contributed by atoms with E-state index in [9.17, 15) is 4.79 Å². The lowest BCUT2D eigenvalue weighted by Gasteiger charge is -2.05. The molecule has 0 saturated heterocycles. The molecule has 0 fully saturated rings. The zero-order chi connectivity index (χ0) is 12.3. The van der Waals surface area contributed by atoms with Crippen LogP contribution in [0.3, 0.4) is 0 Å². The Labute approximate surface area is 99.0 Å². The second-order valence-corrected chi connectivity index (χ2v) is 3.79. The van der Waals surface area contributed by atoms with E-state index in [0.717, 1.165) is 11.1 Å². The number of aromatic nitrogens is 2. The van der Waals surface area contributed by atoms with Crippen LogP contribution >= 0.6 is 0 Å². The van der Waals surface area contributed by atoms with Crippen molar-refractivity contribution in [1.29, 1.82) is 0 Å². The zero-order valence-electron chi connectivity index (χ0n) is 9.53. The molecule has 0 radical (unpaired) electrons. The quantitative estimate of drug-likeness (QED) is 0.745. The summed E-state index contributed by atoms with van der Waals surface area (Å²) in [5.41, 5.74) is 7.94. The van der Waals surface area contributed by atoms with E-state index in [4.69, 9.17) is 5.73 Å². The van der Waals surface area contributed by atoms with Crippen molar-refractivity contribution in [3.8, 4) is 0 Å². The topological polar surface area (TPSA) is 83.8 Å². The summed E-state index contributed by atoms with van der Waals surface area (Å²) in [6.07, 6.45) is 1.66. The second kappa shape index (κ2) is 4.80. The van der Waals surface area contributed by atoms with Gasteiger partial charge in [0.2, 0.25) is 0 Å². The van der Waals surface area contributed by atoms with E-state index < -0.39 is 0 Å². The Morgan fingerprint density at radius 1 is 1.53 bits per heavy atom. The number of nitrogens with zero attached hydrogens (tertiary/aromatic N) is 1. The lowest BCUT2D eigenvalue weighted by atomic mass is 10.1. The lowest BCUT2D eigenvalue weighted by molar-refractivity contribution is 0.102. The Bertz CT molecular complexity index is 533. The van der Waals surface area contributed by atoms with Crippen molar-refractivity contribution in [3.05, 3.63) is 47.2 Å². The Morgan fingerprint density at radius 3 is 3.00 bits per heavy atom. The second-order valence-electron chi connectivity index (χ2n) is 3.79. The molecule has 2 rings (SSSR count). The predicted octanol–water partition coefficient (Wildman–Crippen LogP) is 1.43. The number of hydrogen-bond donors (Lipinski definition) is 3. The predicted molar refractivity (Wildman–Crippen MR) is 65.6 cm³/mol. The van der Waals surface area contributed by atoms with E-state index in [1.807, 2.05) is 19.1 Å². The minimum Gasteiger partial charge on any atom is -0.326 e. The molecule has 17 heavy (non-hydrogen) atoms. The molecule has 5 heteroatoms. The van der Waals surface area contributed by atoms with E-state index in [1.165, 1.54) is 0 Å². The maximum atomic E-state index is 11.9. The number of hydrogen-bond acceptors (Lipinski definition) is 3. The van der Waals surface area contributed by atoms with Gasteiger partial charge < -0.3 is 11.1 Å². The molecule has 0 aliphatic carbocycles. The van der Waals surface area contributed by atoms with Crippen LogP contribution < -0.4 is 11.1 Å². The third-order valence-electron chi connectivity index (χ3n) is 2.49. The van der Waals surface area contributed by atoms with Gasteiger partial charge in [-0.25, -0.2) is 0 Å². The summed E-state index contributed by atoms with van der Waals surface area (Å²) < 4.78 is 0. The summed E-state index contributed by atoms with van der Waals surface area (Å²) >= 11 is 0. The molecule has 88 valence electrons. The maximum absolute atomic E-state index is 11.9. The Hall–Kier alpha value is -2.14. The van der Waals surface area contributed by atoms with Gasteiger partial charge in [0.25, 0.3) is 5.91 Å². The average Bonchev–Trinajstić information content (AvgIpc) is 2.75. The number of benzene rings is 1. The number of carbonyl (C=O) groups is 1. The zero-order valence-corrected chi connectivity index (χ0v) is 9.53. The number of H-pyrrole nitrogens is 1. The first-order valence-corrected chi connectivity index (χ1v) is 5.31. The fourth-order valence-electron chi connectivity index (χ4n) is 1.50. The average molecular weight is 230 g/mol. The third kappa shape index (κ3) is 2.51. The van der Waals surface area contributed by atoms with Crippen molar-refractivity contribution in [2.45, 2.75) is 13.5 Å². The molecule has 2 aromatic rings. The first-order valence-electron chi connectivity index (χ1n) is 5.31. The van der Waals surface area contributed by atoms with Crippen LogP contribution in [-0.4, -0.2) is 16.1 Å². The fraction of sp³-hybridized carbons (Fsp3) is 0.167. The SMILES string of the molecule is Cc1cn[nH]c1NC(=O)c1cccc(CN)c1. The van der Waals surface area contributed by atoms with E-state index in [0.29, 0.717) is 17.9 Å². The van der Waals surface area contributed by atoms with Crippen LogP contribution in [0.25, 0.3) is 0 Å². The highest BCUT2D eigenvalue weighted by Crippen LogP contribution is 2.11. The standard InChI is InChI=1S/C12H14N4O/c1-8-7-14-16-11(8)15-12(17)10-4-2-3-9(5-10)6-13/h2-5,7H,6,13H2,1H3,(H2,14,15,16,17). The number of aryl methyl sites for hydroxylation is 1. The monoisotopic (exact) mass is 230 g/mol. The summed E-state index contributed by atoms with van der Waals surface area (Å²) in [5, 5.41) is 9.33. The molecular weight excluding hydrogens is 216 g/mol. The van der Waals surface area contributed by atoms with E-state index in [1.54, 1.807) is 18.3 Å².